The quantitative estimate of drug-likeness (QED) is 0.785. The maximum atomic E-state index is 11.6. The van der Waals surface area contributed by atoms with E-state index in [1.807, 2.05) is 30.7 Å². The molecule has 1 aliphatic rings. The lowest BCUT2D eigenvalue weighted by Crippen LogP contribution is -2.34. The van der Waals surface area contributed by atoms with Gasteiger partial charge in [0.15, 0.2) is 5.82 Å². The minimum absolute atomic E-state index is 0.0546. The van der Waals surface area contributed by atoms with Gasteiger partial charge in [-0.25, -0.2) is 9.97 Å². The van der Waals surface area contributed by atoms with Gasteiger partial charge in [0.2, 0.25) is 5.91 Å². The number of amides is 1. The van der Waals surface area contributed by atoms with Crippen LogP contribution in [0.15, 0.2) is 12.4 Å². The van der Waals surface area contributed by atoms with E-state index in [0.717, 1.165) is 19.5 Å². The van der Waals surface area contributed by atoms with Crippen molar-refractivity contribution in [3.05, 3.63) is 12.4 Å². The highest BCUT2D eigenvalue weighted by molar-refractivity contribution is 5.78. The molecule has 6 nitrogen and oxygen atoms in total. The number of hydrogen-bond acceptors (Lipinski definition) is 5. The number of nitrogens with zero attached hydrogens (tertiary/aromatic N) is 4. The highest BCUT2D eigenvalue weighted by Gasteiger charge is 2.21. The number of carbonyl (C=O) groups is 1. The molecule has 110 valence electrons. The SMILES string of the molecule is CC(C)Oc1nccnc1N(C)CCN1CCCC1=O. The number of aromatic nitrogens is 2. The lowest BCUT2D eigenvalue weighted by Gasteiger charge is -2.24. The van der Waals surface area contributed by atoms with Crippen LogP contribution >= 0.6 is 0 Å². The second-order valence-corrected chi connectivity index (χ2v) is 5.26. The summed E-state index contributed by atoms with van der Waals surface area (Å²) in [5.41, 5.74) is 0. The van der Waals surface area contributed by atoms with Gasteiger partial charge in [0.25, 0.3) is 5.88 Å². The Morgan fingerprint density at radius 1 is 1.40 bits per heavy atom. The molecule has 0 unspecified atom stereocenters. The molecular formula is C14H22N4O2. The average Bonchev–Trinajstić information content (AvgIpc) is 2.81. The summed E-state index contributed by atoms with van der Waals surface area (Å²) in [6.07, 6.45) is 4.98. The summed E-state index contributed by atoms with van der Waals surface area (Å²) < 4.78 is 5.66. The number of likely N-dealkylation sites (N-methyl/N-ethyl adjacent to an activating group) is 1. The van der Waals surface area contributed by atoms with Crippen molar-refractivity contribution in [3.63, 3.8) is 0 Å². The van der Waals surface area contributed by atoms with Gasteiger partial charge in [-0.1, -0.05) is 0 Å². The lowest BCUT2D eigenvalue weighted by molar-refractivity contribution is -0.127. The van der Waals surface area contributed by atoms with Gasteiger partial charge in [-0.2, -0.15) is 0 Å². The lowest BCUT2D eigenvalue weighted by atomic mass is 10.4. The van der Waals surface area contributed by atoms with Gasteiger partial charge in [0, 0.05) is 45.5 Å². The molecule has 1 aliphatic heterocycles. The second kappa shape index (κ2) is 6.54. The first-order valence-electron chi connectivity index (χ1n) is 7.04. The molecule has 1 aromatic heterocycles. The van der Waals surface area contributed by atoms with Crippen LogP contribution < -0.4 is 9.64 Å². The Labute approximate surface area is 119 Å². The molecule has 1 aromatic rings. The van der Waals surface area contributed by atoms with E-state index in [9.17, 15) is 4.79 Å². The summed E-state index contributed by atoms with van der Waals surface area (Å²) in [4.78, 5) is 24.0. The maximum Gasteiger partial charge on any atom is 0.257 e. The highest BCUT2D eigenvalue weighted by Crippen LogP contribution is 2.22. The van der Waals surface area contributed by atoms with Gasteiger partial charge in [0.1, 0.15) is 0 Å². The van der Waals surface area contributed by atoms with E-state index in [1.54, 1.807) is 12.4 Å². The van der Waals surface area contributed by atoms with Crippen LogP contribution in [0.3, 0.4) is 0 Å². The number of anilines is 1. The maximum absolute atomic E-state index is 11.6. The van der Waals surface area contributed by atoms with Crippen molar-refractivity contribution < 1.29 is 9.53 Å². The van der Waals surface area contributed by atoms with Crippen LogP contribution in [0.25, 0.3) is 0 Å². The molecule has 20 heavy (non-hydrogen) atoms. The standard InChI is InChI=1S/C14H22N4O2/c1-11(2)20-14-13(15-6-7-16-14)17(3)9-10-18-8-4-5-12(18)19/h6-7,11H,4-5,8-10H2,1-3H3. The molecule has 0 aliphatic carbocycles. The third kappa shape index (κ3) is 3.59. The molecule has 2 rings (SSSR count). The first-order chi connectivity index (χ1) is 9.58. The average molecular weight is 278 g/mol. The van der Waals surface area contributed by atoms with Crippen molar-refractivity contribution in [3.8, 4) is 5.88 Å². The largest absolute Gasteiger partial charge is 0.472 e. The third-order valence-corrected chi connectivity index (χ3v) is 3.23. The smallest absolute Gasteiger partial charge is 0.257 e. The van der Waals surface area contributed by atoms with Crippen LogP contribution in [0.1, 0.15) is 26.7 Å². The Hall–Kier alpha value is -1.85. The molecular weight excluding hydrogens is 256 g/mol. The Kier molecular flexibility index (Phi) is 4.76. The first kappa shape index (κ1) is 14.6. The summed E-state index contributed by atoms with van der Waals surface area (Å²) in [5.74, 6) is 1.50. The zero-order valence-corrected chi connectivity index (χ0v) is 12.4. The summed E-state index contributed by atoms with van der Waals surface area (Å²) >= 11 is 0. The number of rotatable bonds is 6. The van der Waals surface area contributed by atoms with E-state index >= 15 is 0 Å². The Bertz CT molecular complexity index is 464. The Morgan fingerprint density at radius 3 is 2.80 bits per heavy atom. The van der Waals surface area contributed by atoms with Crippen molar-refractivity contribution in [1.82, 2.24) is 14.9 Å². The molecule has 1 amide bonds. The number of likely N-dealkylation sites (tertiary alicyclic amines) is 1. The topological polar surface area (TPSA) is 58.6 Å². The van der Waals surface area contributed by atoms with Crippen LogP contribution in [0.2, 0.25) is 0 Å². The molecule has 0 atom stereocenters. The normalized spacial score (nSPS) is 15.0. The fraction of sp³-hybridized carbons (Fsp3) is 0.643. The van der Waals surface area contributed by atoms with E-state index in [-0.39, 0.29) is 12.0 Å². The van der Waals surface area contributed by atoms with Crippen LogP contribution in [-0.4, -0.2) is 53.6 Å². The summed E-state index contributed by atoms with van der Waals surface area (Å²) in [5, 5.41) is 0. The summed E-state index contributed by atoms with van der Waals surface area (Å²) in [7, 11) is 1.94. The Balaban J connectivity index is 1.97. The Morgan fingerprint density at radius 2 is 2.15 bits per heavy atom. The predicted octanol–water partition coefficient (Wildman–Crippen LogP) is 1.32. The molecule has 1 saturated heterocycles. The zero-order chi connectivity index (χ0) is 14.5. The molecule has 1 fully saturated rings. The van der Waals surface area contributed by atoms with Crippen molar-refractivity contribution in [2.45, 2.75) is 32.8 Å². The third-order valence-electron chi connectivity index (χ3n) is 3.23. The fourth-order valence-corrected chi connectivity index (χ4v) is 2.20. The minimum Gasteiger partial charge on any atom is -0.472 e. The predicted molar refractivity (Wildman–Crippen MR) is 76.9 cm³/mol. The molecule has 0 aromatic carbocycles. The first-order valence-corrected chi connectivity index (χ1v) is 7.04. The van der Waals surface area contributed by atoms with E-state index in [1.165, 1.54) is 0 Å². The van der Waals surface area contributed by atoms with Crippen LogP contribution in [-0.2, 0) is 4.79 Å². The van der Waals surface area contributed by atoms with Gasteiger partial charge >= 0.3 is 0 Å². The second-order valence-electron chi connectivity index (χ2n) is 5.26. The van der Waals surface area contributed by atoms with E-state index in [4.69, 9.17) is 4.74 Å². The number of hydrogen-bond donors (Lipinski definition) is 0. The van der Waals surface area contributed by atoms with E-state index in [0.29, 0.717) is 24.7 Å². The van der Waals surface area contributed by atoms with Crippen LogP contribution in [0.5, 0.6) is 5.88 Å². The van der Waals surface area contributed by atoms with Crippen molar-refractivity contribution in [2.75, 3.05) is 31.6 Å². The summed E-state index contributed by atoms with van der Waals surface area (Å²) in [6.45, 7) is 6.22. The molecule has 2 heterocycles. The number of carbonyl (C=O) groups excluding carboxylic acids is 1. The van der Waals surface area contributed by atoms with Crippen LogP contribution in [0.4, 0.5) is 5.82 Å². The fourth-order valence-electron chi connectivity index (χ4n) is 2.20. The van der Waals surface area contributed by atoms with E-state index in [2.05, 4.69) is 9.97 Å². The van der Waals surface area contributed by atoms with Gasteiger partial charge in [-0.05, 0) is 20.3 Å². The van der Waals surface area contributed by atoms with Gasteiger partial charge in [-0.15, -0.1) is 0 Å². The molecule has 6 heteroatoms. The van der Waals surface area contributed by atoms with E-state index < -0.39 is 0 Å². The van der Waals surface area contributed by atoms with Gasteiger partial charge in [0.05, 0.1) is 6.10 Å². The molecule has 0 spiro atoms. The molecule has 0 bridgehead atoms. The highest BCUT2D eigenvalue weighted by atomic mass is 16.5. The number of ether oxygens (including phenoxy) is 1. The van der Waals surface area contributed by atoms with Gasteiger partial charge < -0.3 is 14.5 Å². The minimum atomic E-state index is 0.0546. The van der Waals surface area contributed by atoms with Crippen molar-refractivity contribution in [1.29, 1.82) is 0 Å². The molecule has 0 N–H and O–H groups in total. The molecule has 0 radical (unpaired) electrons. The molecule has 0 saturated carbocycles. The van der Waals surface area contributed by atoms with Gasteiger partial charge in [-0.3, -0.25) is 4.79 Å². The van der Waals surface area contributed by atoms with Crippen molar-refractivity contribution in [2.24, 2.45) is 0 Å². The van der Waals surface area contributed by atoms with Crippen molar-refractivity contribution >= 4 is 11.7 Å². The van der Waals surface area contributed by atoms with Crippen LogP contribution in [0, 0.1) is 0 Å². The summed E-state index contributed by atoms with van der Waals surface area (Å²) in [6, 6.07) is 0. The zero-order valence-electron chi connectivity index (χ0n) is 12.4. The monoisotopic (exact) mass is 278 g/mol.